The van der Waals surface area contributed by atoms with Crippen molar-refractivity contribution in [2.75, 3.05) is 26.2 Å². The molecule has 0 aliphatic carbocycles. The van der Waals surface area contributed by atoms with Crippen LogP contribution < -0.4 is 16.4 Å². The van der Waals surface area contributed by atoms with Gasteiger partial charge in [0.1, 0.15) is 18.2 Å². The number of hydrogen-bond donors (Lipinski definition) is 4. The van der Waals surface area contributed by atoms with Crippen LogP contribution in [0.25, 0.3) is 11.1 Å². The van der Waals surface area contributed by atoms with Crippen molar-refractivity contribution < 1.29 is 28.3 Å². The quantitative estimate of drug-likeness (QED) is 0.225. The summed E-state index contributed by atoms with van der Waals surface area (Å²) >= 11 is 0. The zero-order valence-corrected chi connectivity index (χ0v) is 25.1. The first kappa shape index (κ1) is 33.4. The van der Waals surface area contributed by atoms with E-state index in [9.17, 15) is 28.3 Å². The molecule has 0 spiro atoms. The lowest BCUT2D eigenvalue weighted by molar-refractivity contribution is -0.140. The van der Waals surface area contributed by atoms with Crippen molar-refractivity contribution in [3.63, 3.8) is 0 Å². The zero-order valence-electron chi connectivity index (χ0n) is 25.1. The number of amides is 3. The van der Waals surface area contributed by atoms with Gasteiger partial charge < -0.3 is 30.9 Å². The van der Waals surface area contributed by atoms with Crippen LogP contribution in [-0.2, 0) is 20.9 Å². The second kappa shape index (κ2) is 14.9. The van der Waals surface area contributed by atoms with E-state index in [0.29, 0.717) is 17.8 Å². The first-order valence-corrected chi connectivity index (χ1v) is 14.2. The maximum atomic E-state index is 14.9. The van der Waals surface area contributed by atoms with Gasteiger partial charge in [-0.2, -0.15) is 0 Å². The van der Waals surface area contributed by atoms with E-state index in [1.807, 2.05) is 55.7 Å². The Morgan fingerprint density at radius 3 is 2.33 bits per heavy atom. The topological polar surface area (TPSA) is 130 Å². The highest BCUT2D eigenvalue weighted by Gasteiger charge is 2.37. The molecule has 0 radical (unpaired) electrons. The molecular weight excluding hydrogens is 556 g/mol. The minimum atomic E-state index is -0.958. The molecule has 0 aliphatic heterocycles. The van der Waals surface area contributed by atoms with Gasteiger partial charge in [0.15, 0.2) is 0 Å². The molecule has 11 heteroatoms. The van der Waals surface area contributed by atoms with Crippen LogP contribution in [0.15, 0.2) is 60.8 Å². The molecule has 0 unspecified atom stereocenters. The second-order valence-corrected chi connectivity index (χ2v) is 11.6. The Morgan fingerprint density at radius 1 is 1.02 bits per heavy atom. The van der Waals surface area contributed by atoms with Gasteiger partial charge in [0.2, 0.25) is 17.7 Å². The maximum Gasteiger partial charge on any atom is 0.248 e. The van der Waals surface area contributed by atoms with Gasteiger partial charge in [0, 0.05) is 56.1 Å². The Kier molecular flexibility index (Phi) is 11.6. The minimum Gasteiger partial charge on any atom is -0.387 e. The van der Waals surface area contributed by atoms with Crippen molar-refractivity contribution in [2.24, 2.45) is 11.1 Å². The molecule has 0 saturated heterocycles. The summed E-state index contributed by atoms with van der Waals surface area (Å²) in [5.41, 5.74) is 7.68. The highest BCUT2D eigenvalue weighted by Crippen LogP contribution is 2.41. The number of hydrogen-bond acceptors (Lipinski definition) is 5. The number of aliphatic hydroxyl groups excluding tert-OH is 1. The lowest BCUT2D eigenvalue weighted by Crippen LogP contribution is -2.48. The van der Waals surface area contributed by atoms with Gasteiger partial charge >= 0.3 is 0 Å². The third-order valence-corrected chi connectivity index (χ3v) is 7.05. The number of halogens is 2. The standard InChI is InChI=1S/C32H41F2N5O4/c1-21(41)36-13-14-37-31(43)27(35)12-15-39(29(42)20-40)30(32(2,3)4)28-16-23(25-17-24(33)10-11-26(25)34)19-38(28)18-22-8-6-5-7-9-22/h5-11,16-17,19,27,30,40H,12-15,18,20,35H2,1-4H3,(H,36,41)(H,37,43)/t27-,30-/m0/s1. The van der Waals surface area contributed by atoms with E-state index >= 15 is 0 Å². The monoisotopic (exact) mass is 597 g/mol. The molecule has 0 bridgehead atoms. The summed E-state index contributed by atoms with van der Waals surface area (Å²) in [5, 5.41) is 15.2. The highest BCUT2D eigenvalue weighted by atomic mass is 19.1. The SMILES string of the molecule is CC(=O)NCCNC(=O)[C@@H](N)CCN(C(=O)CO)[C@@H](c1cc(-c2cc(F)ccc2F)cn1Cc1ccccc1)C(C)(C)C. The second-order valence-electron chi connectivity index (χ2n) is 11.6. The molecule has 1 aromatic heterocycles. The third kappa shape index (κ3) is 9.20. The number of benzene rings is 2. The predicted octanol–water partition coefficient (Wildman–Crippen LogP) is 3.36. The van der Waals surface area contributed by atoms with Gasteiger partial charge in [0.25, 0.3) is 0 Å². The summed E-state index contributed by atoms with van der Waals surface area (Å²) < 4.78 is 31.0. The Labute approximate surface area is 251 Å². The van der Waals surface area contributed by atoms with E-state index < -0.39 is 47.6 Å². The fourth-order valence-electron chi connectivity index (χ4n) is 5.07. The van der Waals surface area contributed by atoms with Crippen LogP contribution in [-0.4, -0.2) is 64.6 Å². The van der Waals surface area contributed by atoms with Crippen LogP contribution in [0.4, 0.5) is 8.78 Å². The fourth-order valence-corrected chi connectivity index (χ4v) is 5.07. The molecule has 2 aromatic carbocycles. The van der Waals surface area contributed by atoms with Crippen molar-refractivity contribution in [3.8, 4) is 11.1 Å². The van der Waals surface area contributed by atoms with Crippen LogP contribution in [0.5, 0.6) is 0 Å². The van der Waals surface area contributed by atoms with E-state index in [2.05, 4.69) is 10.6 Å². The summed E-state index contributed by atoms with van der Waals surface area (Å²) in [6, 6.07) is 13.0. The summed E-state index contributed by atoms with van der Waals surface area (Å²) in [7, 11) is 0. The molecular formula is C32H41F2N5O4. The van der Waals surface area contributed by atoms with Crippen molar-refractivity contribution in [1.82, 2.24) is 20.1 Å². The number of aliphatic hydroxyl groups is 1. The number of carbonyl (C=O) groups is 3. The lowest BCUT2D eigenvalue weighted by Gasteiger charge is -2.41. The van der Waals surface area contributed by atoms with Gasteiger partial charge in [0.05, 0.1) is 12.1 Å². The van der Waals surface area contributed by atoms with E-state index in [1.54, 1.807) is 12.3 Å². The van der Waals surface area contributed by atoms with E-state index in [1.165, 1.54) is 11.8 Å². The summed E-state index contributed by atoms with van der Waals surface area (Å²) in [6.45, 7) is 7.29. The number of aromatic nitrogens is 1. The average molecular weight is 598 g/mol. The summed E-state index contributed by atoms with van der Waals surface area (Å²) in [4.78, 5) is 38.4. The van der Waals surface area contributed by atoms with Gasteiger partial charge in [-0.15, -0.1) is 0 Å². The molecule has 0 aliphatic rings. The Hall–Kier alpha value is -4.09. The first-order chi connectivity index (χ1) is 20.3. The number of nitrogens with two attached hydrogens (primary N) is 1. The van der Waals surface area contributed by atoms with Crippen molar-refractivity contribution in [3.05, 3.63) is 83.7 Å². The van der Waals surface area contributed by atoms with Gasteiger partial charge in [-0.3, -0.25) is 14.4 Å². The van der Waals surface area contributed by atoms with E-state index in [4.69, 9.17) is 5.73 Å². The number of rotatable bonds is 13. The zero-order chi connectivity index (χ0) is 31.7. The van der Waals surface area contributed by atoms with Crippen molar-refractivity contribution >= 4 is 17.7 Å². The van der Waals surface area contributed by atoms with Gasteiger partial charge in [-0.1, -0.05) is 51.1 Å². The van der Waals surface area contributed by atoms with Gasteiger partial charge in [-0.25, -0.2) is 8.78 Å². The number of nitrogens with one attached hydrogen (secondary N) is 2. The molecule has 3 rings (SSSR count). The number of carbonyl (C=O) groups excluding carboxylic acids is 3. The molecule has 3 aromatic rings. The molecule has 3 amide bonds. The van der Waals surface area contributed by atoms with Gasteiger partial charge in [-0.05, 0) is 41.7 Å². The molecule has 0 saturated carbocycles. The first-order valence-electron chi connectivity index (χ1n) is 14.2. The molecule has 232 valence electrons. The summed E-state index contributed by atoms with van der Waals surface area (Å²) in [5.74, 6) is -2.39. The Morgan fingerprint density at radius 2 is 1.70 bits per heavy atom. The molecule has 43 heavy (non-hydrogen) atoms. The van der Waals surface area contributed by atoms with Crippen molar-refractivity contribution in [2.45, 2.75) is 52.7 Å². The van der Waals surface area contributed by atoms with E-state index in [0.717, 1.165) is 23.8 Å². The molecule has 1 heterocycles. The predicted molar refractivity (Wildman–Crippen MR) is 161 cm³/mol. The lowest BCUT2D eigenvalue weighted by atomic mass is 9.82. The van der Waals surface area contributed by atoms with Crippen LogP contribution in [0.2, 0.25) is 0 Å². The average Bonchev–Trinajstić information content (AvgIpc) is 3.35. The van der Waals surface area contributed by atoms with Crippen molar-refractivity contribution in [1.29, 1.82) is 0 Å². The molecule has 9 nitrogen and oxygen atoms in total. The molecule has 0 fully saturated rings. The fraction of sp³-hybridized carbons (Fsp3) is 0.406. The van der Waals surface area contributed by atoms with Crippen LogP contribution in [0, 0.1) is 17.0 Å². The molecule has 2 atom stereocenters. The van der Waals surface area contributed by atoms with Crippen LogP contribution in [0.1, 0.15) is 51.4 Å². The molecule has 5 N–H and O–H groups in total. The maximum absolute atomic E-state index is 14.9. The minimum absolute atomic E-state index is 0.0434. The largest absolute Gasteiger partial charge is 0.387 e. The normalized spacial score (nSPS) is 12.8. The smallest absolute Gasteiger partial charge is 0.248 e. The highest BCUT2D eigenvalue weighted by molar-refractivity contribution is 5.82. The Bertz CT molecular complexity index is 1400. The Balaban J connectivity index is 2.00. The summed E-state index contributed by atoms with van der Waals surface area (Å²) in [6.07, 6.45) is 1.82. The van der Waals surface area contributed by atoms with Crippen LogP contribution >= 0.6 is 0 Å². The third-order valence-electron chi connectivity index (χ3n) is 7.05. The van der Waals surface area contributed by atoms with E-state index in [-0.39, 0.29) is 37.5 Å². The number of nitrogens with zero attached hydrogens (tertiary/aromatic N) is 2. The van der Waals surface area contributed by atoms with Crippen LogP contribution in [0.3, 0.4) is 0 Å².